The van der Waals surface area contributed by atoms with Gasteiger partial charge in [0.2, 0.25) is 0 Å². The van der Waals surface area contributed by atoms with Crippen LogP contribution in [0.15, 0.2) is 48.0 Å². The van der Waals surface area contributed by atoms with E-state index in [-0.39, 0.29) is 17.9 Å². The van der Waals surface area contributed by atoms with Gasteiger partial charge in [-0.1, -0.05) is 26.0 Å². The van der Waals surface area contributed by atoms with Gasteiger partial charge in [-0.25, -0.2) is 0 Å². The van der Waals surface area contributed by atoms with E-state index in [2.05, 4.69) is 13.8 Å². The van der Waals surface area contributed by atoms with Crippen molar-refractivity contribution in [3.63, 3.8) is 0 Å². The van der Waals surface area contributed by atoms with E-state index < -0.39 is 17.7 Å². The molecule has 1 amide bonds. The number of rotatable bonds is 11. The van der Waals surface area contributed by atoms with Gasteiger partial charge < -0.3 is 29.0 Å². The Morgan fingerprint density at radius 2 is 1.74 bits per heavy atom. The molecule has 0 aliphatic carbocycles. The molecule has 1 fully saturated rings. The Balaban J connectivity index is 2.11. The van der Waals surface area contributed by atoms with E-state index in [4.69, 9.17) is 18.9 Å². The minimum Gasteiger partial charge on any atom is -0.507 e. The number of benzene rings is 2. The minimum absolute atomic E-state index is 0.00480. The number of hydrogen-bond donors (Lipinski definition) is 1. The molecule has 0 spiro atoms. The summed E-state index contributed by atoms with van der Waals surface area (Å²) in [4.78, 5) is 27.7. The molecule has 1 atom stereocenters. The second kappa shape index (κ2) is 11.8. The average molecular weight is 484 g/mol. The van der Waals surface area contributed by atoms with Crippen molar-refractivity contribution < 1.29 is 33.6 Å². The van der Waals surface area contributed by atoms with E-state index in [1.54, 1.807) is 49.6 Å². The van der Waals surface area contributed by atoms with Gasteiger partial charge in [0.25, 0.3) is 11.7 Å². The molecule has 1 aliphatic heterocycles. The van der Waals surface area contributed by atoms with Crippen LogP contribution in [0.1, 0.15) is 37.4 Å². The summed E-state index contributed by atoms with van der Waals surface area (Å²) in [6.45, 7) is 5.36. The molecule has 35 heavy (non-hydrogen) atoms. The van der Waals surface area contributed by atoms with Gasteiger partial charge in [-0.3, -0.25) is 9.59 Å². The van der Waals surface area contributed by atoms with Crippen molar-refractivity contribution >= 4 is 17.4 Å². The molecule has 1 saturated heterocycles. The van der Waals surface area contributed by atoms with Crippen molar-refractivity contribution in [2.45, 2.75) is 26.3 Å². The molecule has 188 valence electrons. The zero-order valence-electron chi connectivity index (χ0n) is 20.9. The molecule has 0 radical (unpaired) electrons. The maximum atomic E-state index is 13.2. The number of methoxy groups -OCH3 is 3. The van der Waals surface area contributed by atoms with Gasteiger partial charge in [-0.2, -0.15) is 0 Å². The first kappa shape index (κ1) is 26.1. The first-order valence-corrected chi connectivity index (χ1v) is 11.6. The van der Waals surface area contributed by atoms with Crippen LogP contribution in [0.4, 0.5) is 0 Å². The van der Waals surface area contributed by atoms with E-state index in [9.17, 15) is 14.7 Å². The lowest BCUT2D eigenvalue weighted by Gasteiger charge is -2.27. The standard InChI is InChI=1S/C27H33NO7/c1-17(2)16-35-19-12-10-18(11-13-19)24(29)22-23(20-8-6-9-21(33-4)26(20)34-5)28(14-7-15-32-3)27(31)25(22)30/h6,8-13,17,23,29H,7,14-16H2,1-5H3. The smallest absolute Gasteiger partial charge is 0.295 e. The summed E-state index contributed by atoms with van der Waals surface area (Å²) in [5, 5.41) is 11.3. The van der Waals surface area contributed by atoms with Crippen LogP contribution in [0.3, 0.4) is 0 Å². The number of ether oxygens (including phenoxy) is 4. The third kappa shape index (κ3) is 5.59. The Hall–Kier alpha value is -3.52. The molecule has 2 aromatic carbocycles. The molecule has 0 saturated carbocycles. The summed E-state index contributed by atoms with van der Waals surface area (Å²) < 4.78 is 21.9. The normalized spacial score (nSPS) is 17.2. The Bertz CT molecular complexity index is 1080. The highest BCUT2D eigenvalue weighted by atomic mass is 16.5. The summed E-state index contributed by atoms with van der Waals surface area (Å²) in [6, 6.07) is 11.2. The molecule has 8 nitrogen and oxygen atoms in total. The first-order chi connectivity index (χ1) is 16.8. The highest BCUT2D eigenvalue weighted by Gasteiger charge is 2.47. The van der Waals surface area contributed by atoms with Crippen LogP contribution in [-0.2, 0) is 14.3 Å². The molecule has 2 aromatic rings. The second-order valence-corrected chi connectivity index (χ2v) is 8.65. The highest BCUT2D eigenvalue weighted by molar-refractivity contribution is 6.46. The van der Waals surface area contributed by atoms with Gasteiger partial charge >= 0.3 is 0 Å². The topological polar surface area (TPSA) is 94.5 Å². The zero-order valence-corrected chi connectivity index (χ0v) is 20.9. The largest absolute Gasteiger partial charge is 0.507 e. The number of amides is 1. The average Bonchev–Trinajstić information content (AvgIpc) is 3.11. The molecule has 1 N–H and O–H groups in total. The monoisotopic (exact) mass is 483 g/mol. The lowest BCUT2D eigenvalue weighted by atomic mass is 9.94. The number of Topliss-reactive ketones (excluding diaryl/α,β-unsaturated/α-hetero) is 1. The van der Waals surface area contributed by atoms with Crippen molar-refractivity contribution in [3.05, 3.63) is 59.2 Å². The fourth-order valence-corrected chi connectivity index (χ4v) is 4.07. The van der Waals surface area contributed by atoms with E-state index in [1.807, 2.05) is 0 Å². The minimum atomic E-state index is -0.853. The number of likely N-dealkylation sites (tertiary alicyclic amines) is 1. The Labute approximate surface area is 206 Å². The summed E-state index contributed by atoms with van der Waals surface area (Å²) in [5.41, 5.74) is 0.945. The van der Waals surface area contributed by atoms with Crippen LogP contribution in [-0.4, -0.2) is 62.8 Å². The lowest BCUT2D eigenvalue weighted by Crippen LogP contribution is -2.31. The lowest BCUT2D eigenvalue weighted by molar-refractivity contribution is -0.140. The van der Waals surface area contributed by atoms with Crippen molar-refractivity contribution in [2.24, 2.45) is 5.92 Å². The molecule has 8 heteroatoms. The van der Waals surface area contributed by atoms with Crippen LogP contribution in [0.25, 0.3) is 5.76 Å². The maximum absolute atomic E-state index is 13.2. The fraction of sp³-hybridized carbons (Fsp3) is 0.407. The fourth-order valence-electron chi connectivity index (χ4n) is 4.07. The van der Waals surface area contributed by atoms with Gasteiger partial charge in [0, 0.05) is 31.4 Å². The van der Waals surface area contributed by atoms with Crippen LogP contribution in [0.2, 0.25) is 0 Å². The number of aliphatic hydroxyl groups is 1. The molecule has 0 aromatic heterocycles. The van der Waals surface area contributed by atoms with E-state index in [0.29, 0.717) is 53.9 Å². The Morgan fingerprint density at radius 3 is 2.34 bits per heavy atom. The number of hydrogen-bond acceptors (Lipinski definition) is 7. The van der Waals surface area contributed by atoms with Gasteiger partial charge in [0.1, 0.15) is 11.5 Å². The highest BCUT2D eigenvalue weighted by Crippen LogP contribution is 2.45. The van der Waals surface area contributed by atoms with Crippen LogP contribution in [0.5, 0.6) is 17.2 Å². The molecule has 0 bridgehead atoms. The SMILES string of the molecule is COCCCN1C(=O)C(=O)C(=C(O)c2ccc(OCC(C)C)cc2)C1c1cccc(OC)c1OC. The summed E-state index contributed by atoms with van der Waals surface area (Å²) in [6.07, 6.45) is 0.522. The summed E-state index contributed by atoms with van der Waals surface area (Å²) in [7, 11) is 4.58. The molecular formula is C27H33NO7. The first-order valence-electron chi connectivity index (χ1n) is 11.6. The Kier molecular flexibility index (Phi) is 8.76. The van der Waals surface area contributed by atoms with E-state index in [1.165, 1.54) is 19.1 Å². The second-order valence-electron chi connectivity index (χ2n) is 8.65. The third-order valence-electron chi connectivity index (χ3n) is 5.73. The van der Waals surface area contributed by atoms with Gasteiger partial charge in [0.15, 0.2) is 11.5 Å². The summed E-state index contributed by atoms with van der Waals surface area (Å²) in [5.74, 6) is 0.171. The van der Waals surface area contributed by atoms with Crippen LogP contribution >= 0.6 is 0 Å². The number of aliphatic hydroxyl groups excluding tert-OH is 1. The number of nitrogens with zero attached hydrogens (tertiary/aromatic N) is 1. The van der Waals surface area contributed by atoms with Gasteiger partial charge in [0.05, 0.1) is 32.4 Å². The van der Waals surface area contributed by atoms with E-state index in [0.717, 1.165) is 0 Å². The summed E-state index contributed by atoms with van der Waals surface area (Å²) >= 11 is 0. The predicted octanol–water partition coefficient (Wildman–Crippen LogP) is 4.20. The van der Waals surface area contributed by atoms with E-state index >= 15 is 0 Å². The Morgan fingerprint density at radius 1 is 1.03 bits per heavy atom. The molecule has 1 heterocycles. The van der Waals surface area contributed by atoms with Crippen molar-refractivity contribution in [2.75, 3.05) is 41.1 Å². The number of carbonyl (C=O) groups is 2. The quantitative estimate of drug-likeness (QED) is 0.222. The van der Waals surface area contributed by atoms with Crippen molar-refractivity contribution in [3.8, 4) is 17.2 Å². The number of carbonyl (C=O) groups excluding carboxylic acids is 2. The van der Waals surface area contributed by atoms with Gasteiger partial charge in [-0.05, 0) is 42.7 Å². The third-order valence-corrected chi connectivity index (χ3v) is 5.73. The molecular weight excluding hydrogens is 450 g/mol. The number of para-hydroxylation sites is 1. The zero-order chi connectivity index (χ0) is 25.5. The van der Waals surface area contributed by atoms with Crippen LogP contribution in [0, 0.1) is 5.92 Å². The van der Waals surface area contributed by atoms with Gasteiger partial charge in [-0.15, -0.1) is 0 Å². The maximum Gasteiger partial charge on any atom is 0.295 e. The predicted molar refractivity (Wildman–Crippen MR) is 132 cm³/mol. The van der Waals surface area contributed by atoms with Crippen LogP contribution < -0.4 is 14.2 Å². The molecule has 1 unspecified atom stereocenters. The number of ketones is 1. The van der Waals surface area contributed by atoms with Crippen molar-refractivity contribution in [1.29, 1.82) is 0 Å². The molecule has 1 aliphatic rings. The van der Waals surface area contributed by atoms with Crippen molar-refractivity contribution in [1.82, 2.24) is 4.90 Å². The molecule has 3 rings (SSSR count).